The van der Waals surface area contributed by atoms with E-state index in [1.54, 1.807) is 26.8 Å². The minimum absolute atomic E-state index is 0.169. The molecule has 2 fully saturated rings. The van der Waals surface area contributed by atoms with Gasteiger partial charge in [0.05, 0.1) is 25.2 Å². The highest BCUT2D eigenvalue weighted by Crippen LogP contribution is 2.33. The second kappa shape index (κ2) is 11.9. The lowest BCUT2D eigenvalue weighted by Crippen LogP contribution is -2.69. The number of carbonyl (C=O) groups excluding carboxylic acids is 1. The third-order valence-corrected chi connectivity index (χ3v) is 6.96. The molecule has 1 amide bonds. The number of rotatable bonds is 6. The highest BCUT2D eigenvalue weighted by molar-refractivity contribution is 5.68. The molecule has 14 heteroatoms. The number of amides is 1. The standard InChI is InChI=1S/C24H45N5O9/c1-23(2,3)38-22(32)29(5)19-16(31)21(34-10-24(19,4)33)37-18-14(28)8-13(27)17(15(18)30)36-20-12(26)7-6-11(9-25)35-20/h6,12-21,30-31,33H,7-10,25-28H2,1-5H3/t12-,13+,14-,15+,16-,17?,18+,19-,20-,21-,24+/m1/s1. The second-order valence-corrected chi connectivity index (χ2v) is 11.6. The van der Waals surface area contributed by atoms with E-state index in [1.165, 1.54) is 14.0 Å². The topological polar surface area (TPSA) is 231 Å². The monoisotopic (exact) mass is 547 g/mol. The Hall–Kier alpha value is -1.59. The number of hydrogen-bond donors (Lipinski definition) is 7. The van der Waals surface area contributed by atoms with Crippen LogP contribution in [0.5, 0.6) is 0 Å². The van der Waals surface area contributed by atoms with Gasteiger partial charge in [-0.2, -0.15) is 0 Å². The molecule has 2 aliphatic heterocycles. The van der Waals surface area contributed by atoms with Crippen LogP contribution >= 0.6 is 0 Å². The normalized spacial score (nSPS) is 42.2. The molecule has 0 aromatic heterocycles. The molecular weight excluding hydrogens is 502 g/mol. The molecule has 14 nitrogen and oxygen atoms in total. The van der Waals surface area contributed by atoms with Gasteiger partial charge in [-0.05, 0) is 46.6 Å². The van der Waals surface area contributed by atoms with E-state index in [9.17, 15) is 20.1 Å². The van der Waals surface area contributed by atoms with Gasteiger partial charge in [-0.3, -0.25) is 0 Å². The molecule has 0 aromatic rings. The van der Waals surface area contributed by atoms with Crippen molar-refractivity contribution in [1.29, 1.82) is 0 Å². The van der Waals surface area contributed by atoms with Gasteiger partial charge in [0.25, 0.3) is 0 Å². The van der Waals surface area contributed by atoms with Crippen LogP contribution in [0.25, 0.3) is 0 Å². The van der Waals surface area contributed by atoms with Gasteiger partial charge in [-0.15, -0.1) is 0 Å². The molecule has 0 aromatic carbocycles. The zero-order valence-corrected chi connectivity index (χ0v) is 22.7. The van der Waals surface area contributed by atoms with Crippen molar-refractivity contribution in [3.63, 3.8) is 0 Å². The van der Waals surface area contributed by atoms with Crippen LogP contribution in [-0.2, 0) is 23.7 Å². The largest absolute Gasteiger partial charge is 0.467 e. The van der Waals surface area contributed by atoms with Gasteiger partial charge in [-0.25, -0.2) is 4.79 Å². The number of aliphatic hydroxyl groups is 3. The van der Waals surface area contributed by atoms with Gasteiger partial charge in [0.15, 0.2) is 6.29 Å². The summed E-state index contributed by atoms with van der Waals surface area (Å²) in [5, 5.41) is 33.3. The molecule has 0 spiro atoms. The summed E-state index contributed by atoms with van der Waals surface area (Å²) in [6.45, 7) is 6.44. The number of likely N-dealkylation sites (N-methyl/N-ethyl adjacent to an activating group) is 1. The first kappa shape index (κ1) is 30.9. The molecule has 38 heavy (non-hydrogen) atoms. The van der Waals surface area contributed by atoms with Crippen LogP contribution in [0.2, 0.25) is 0 Å². The van der Waals surface area contributed by atoms with Gasteiger partial charge in [0.2, 0.25) is 6.29 Å². The summed E-state index contributed by atoms with van der Waals surface area (Å²) in [4.78, 5) is 13.8. The Kier molecular flexibility index (Phi) is 9.67. The summed E-state index contributed by atoms with van der Waals surface area (Å²) in [6, 6.07) is -3.06. The quantitative estimate of drug-likeness (QED) is 0.187. The van der Waals surface area contributed by atoms with E-state index >= 15 is 0 Å². The van der Waals surface area contributed by atoms with Crippen molar-refractivity contribution in [2.24, 2.45) is 22.9 Å². The van der Waals surface area contributed by atoms with Gasteiger partial charge in [-0.1, -0.05) is 0 Å². The molecule has 11 atom stereocenters. The van der Waals surface area contributed by atoms with E-state index < -0.39 is 78.5 Å². The maximum absolute atomic E-state index is 12.7. The third kappa shape index (κ3) is 6.94. The molecule has 3 rings (SSSR count). The van der Waals surface area contributed by atoms with Crippen LogP contribution in [0.1, 0.15) is 40.5 Å². The number of ether oxygens (including phenoxy) is 5. The lowest BCUT2D eigenvalue weighted by Gasteiger charge is -2.50. The van der Waals surface area contributed by atoms with Crippen molar-refractivity contribution in [2.75, 3.05) is 20.2 Å². The number of nitrogens with two attached hydrogens (primary N) is 4. The molecule has 0 radical (unpaired) electrons. The summed E-state index contributed by atoms with van der Waals surface area (Å²) < 4.78 is 28.7. The van der Waals surface area contributed by atoms with Gasteiger partial charge in [0, 0.05) is 19.1 Å². The number of aliphatic hydroxyl groups excluding tert-OH is 2. The molecule has 1 saturated carbocycles. The van der Waals surface area contributed by atoms with E-state index in [1.807, 2.05) is 0 Å². The van der Waals surface area contributed by atoms with E-state index in [-0.39, 0.29) is 19.6 Å². The Morgan fingerprint density at radius 3 is 2.24 bits per heavy atom. The van der Waals surface area contributed by atoms with Gasteiger partial charge >= 0.3 is 6.09 Å². The van der Waals surface area contributed by atoms with E-state index in [4.69, 9.17) is 46.6 Å². The van der Waals surface area contributed by atoms with Crippen LogP contribution < -0.4 is 22.9 Å². The number of nitrogens with zero attached hydrogens (tertiary/aromatic N) is 1. The molecule has 2 heterocycles. The Labute approximate surface area is 223 Å². The fourth-order valence-electron chi connectivity index (χ4n) is 5.04. The summed E-state index contributed by atoms with van der Waals surface area (Å²) >= 11 is 0. The van der Waals surface area contributed by atoms with Crippen LogP contribution in [0.4, 0.5) is 4.79 Å². The zero-order valence-electron chi connectivity index (χ0n) is 22.7. The lowest BCUT2D eigenvalue weighted by atomic mass is 9.84. The van der Waals surface area contributed by atoms with Crippen LogP contribution in [0.15, 0.2) is 11.8 Å². The van der Waals surface area contributed by atoms with E-state index in [0.29, 0.717) is 12.2 Å². The Bertz CT molecular complexity index is 854. The molecule has 0 bridgehead atoms. The first-order chi connectivity index (χ1) is 17.6. The number of hydrogen-bond acceptors (Lipinski definition) is 13. The van der Waals surface area contributed by atoms with Crippen LogP contribution in [0, 0.1) is 0 Å². The minimum Gasteiger partial charge on any atom is -0.467 e. The highest BCUT2D eigenvalue weighted by Gasteiger charge is 2.53. The average Bonchev–Trinajstić information content (AvgIpc) is 2.80. The SMILES string of the molecule is CN(C(=O)OC(C)(C)C)[C@@H]1[C@@H](O)[C@@H](O[C@H]2[C@H](N)C[C@H](N)C(O[C@H]3OC(CN)=CC[C@H]3N)[C@@H]2O)OC[C@]1(C)O. The predicted molar refractivity (Wildman–Crippen MR) is 135 cm³/mol. The molecule has 1 unspecified atom stereocenters. The molecule has 1 aliphatic carbocycles. The van der Waals surface area contributed by atoms with Crippen LogP contribution in [0.3, 0.4) is 0 Å². The molecule has 220 valence electrons. The van der Waals surface area contributed by atoms with Crippen LogP contribution in [-0.4, -0.2) is 119 Å². The van der Waals surface area contributed by atoms with Gasteiger partial charge < -0.3 is 66.8 Å². The predicted octanol–water partition coefficient (Wildman–Crippen LogP) is -2.20. The summed E-state index contributed by atoms with van der Waals surface area (Å²) in [6.07, 6.45) is -5.38. The van der Waals surface area contributed by atoms with Gasteiger partial charge in [0.1, 0.15) is 41.4 Å². The fraction of sp³-hybridized carbons (Fsp3) is 0.875. The molecular formula is C24H45N5O9. The smallest absolute Gasteiger partial charge is 0.410 e. The third-order valence-electron chi connectivity index (χ3n) is 6.96. The first-order valence-corrected chi connectivity index (χ1v) is 12.8. The zero-order chi connectivity index (χ0) is 28.6. The summed E-state index contributed by atoms with van der Waals surface area (Å²) in [7, 11) is 1.40. The Balaban J connectivity index is 1.74. The molecule has 11 N–H and O–H groups in total. The average molecular weight is 548 g/mol. The first-order valence-electron chi connectivity index (χ1n) is 12.8. The van der Waals surface area contributed by atoms with E-state index in [2.05, 4.69) is 0 Å². The lowest BCUT2D eigenvalue weighted by molar-refractivity contribution is -0.309. The highest BCUT2D eigenvalue weighted by atomic mass is 16.7. The maximum atomic E-state index is 12.7. The van der Waals surface area contributed by atoms with Crippen molar-refractivity contribution in [3.05, 3.63) is 11.8 Å². The minimum atomic E-state index is -1.63. The fourth-order valence-corrected chi connectivity index (χ4v) is 5.04. The summed E-state index contributed by atoms with van der Waals surface area (Å²) in [5.41, 5.74) is 21.9. The van der Waals surface area contributed by atoms with Crippen molar-refractivity contribution in [1.82, 2.24) is 4.90 Å². The van der Waals surface area contributed by atoms with Crippen molar-refractivity contribution >= 4 is 6.09 Å². The Morgan fingerprint density at radius 2 is 1.68 bits per heavy atom. The van der Waals surface area contributed by atoms with Crippen molar-refractivity contribution in [2.45, 2.75) is 113 Å². The maximum Gasteiger partial charge on any atom is 0.410 e. The van der Waals surface area contributed by atoms with E-state index in [0.717, 1.165) is 4.90 Å². The Morgan fingerprint density at radius 1 is 1.11 bits per heavy atom. The second-order valence-electron chi connectivity index (χ2n) is 11.6. The number of carbonyl (C=O) groups is 1. The molecule has 3 aliphatic rings. The van der Waals surface area contributed by atoms with Crippen molar-refractivity contribution in [3.8, 4) is 0 Å². The summed E-state index contributed by atoms with van der Waals surface area (Å²) in [5.74, 6) is 0.519. The van der Waals surface area contributed by atoms with Crippen molar-refractivity contribution < 1.29 is 43.8 Å². The molecule has 1 saturated heterocycles.